The van der Waals surface area contributed by atoms with E-state index in [9.17, 15) is 18.0 Å². The first-order valence-electron chi connectivity index (χ1n) is 5.04. The highest BCUT2D eigenvalue weighted by atomic mass is 19.1. The van der Waals surface area contributed by atoms with Gasteiger partial charge in [0, 0.05) is 5.57 Å². The summed E-state index contributed by atoms with van der Waals surface area (Å²) >= 11 is 0. The van der Waals surface area contributed by atoms with E-state index in [0.717, 1.165) is 30.4 Å². The highest BCUT2D eigenvalue weighted by molar-refractivity contribution is 5.76. The Labute approximate surface area is 102 Å². The van der Waals surface area contributed by atoms with Crippen molar-refractivity contribution in [2.24, 2.45) is 0 Å². The van der Waals surface area contributed by atoms with Crippen molar-refractivity contribution >= 4 is 11.9 Å². The molecule has 2 nitrogen and oxygen atoms in total. The maximum absolute atomic E-state index is 13.4. The van der Waals surface area contributed by atoms with E-state index in [1.54, 1.807) is 0 Å². The van der Waals surface area contributed by atoms with Gasteiger partial charge in [0.15, 0.2) is 6.29 Å². The molecule has 0 radical (unpaired) electrons. The van der Waals surface area contributed by atoms with Gasteiger partial charge in [0.2, 0.25) is 0 Å². The normalized spacial score (nSPS) is 13.1. The van der Waals surface area contributed by atoms with Gasteiger partial charge in [-0.2, -0.15) is 0 Å². The molecule has 0 unspecified atom stereocenters. The molecule has 0 spiro atoms. The molecule has 18 heavy (non-hydrogen) atoms. The van der Waals surface area contributed by atoms with E-state index in [2.05, 4.69) is 4.98 Å². The quantitative estimate of drug-likeness (QED) is 0.603. The maximum Gasteiger partial charge on any atom is 0.168 e. The summed E-state index contributed by atoms with van der Waals surface area (Å²) in [7, 11) is 0. The van der Waals surface area contributed by atoms with Crippen LogP contribution in [0, 0.1) is 5.82 Å². The Morgan fingerprint density at radius 2 is 2.06 bits per heavy atom. The third-order valence-corrected chi connectivity index (χ3v) is 2.08. The lowest BCUT2D eigenvalue weighted by Gasteiger charge is -2.02. The molecule has 0 aliphatic heterocycles. The van der Waals surface area contributed by atoms with Crippen LogP contribution in [0.5, 0.6) is 0 Å². The topological polar surface area (TPSA) is 30.0 Å². The van der Waals surface area contributed by atoms with Crippen LogP contribution >= 0.6 is 0 Å². The SMILES string of the molecule is C\C=C(F)/C=C\C(=C\F)c1nc(C=O)ccc1F. The van der Waals surface area contributed by atoms with E-state index < -0.39 is 11.6 Å². The van der Waals surface area contributed by atoms with E-state index >= 15 is 0 Å². The predicted octanol–water partition coefficient (Wildman–Crippen LogP) is 3.77. The van der Waals surface area contributed by atoms with Crippen molar-refractivity contribution in [2.45, 2.75) is 6.92 Å². The highest BCUT2D eigenvalue weighted by Gasteiger charge is 2.09. The number of rotatable bonds is 4. The van der Waals surface area contributed by atoms with Crippen LogP contribution in [0.15, 0.2) is 42.5 Å². The Morgan fingerprint density at radius 3 is 2.61 bits per heavy atom. The lowest BCUT2D eigenvalue weighted by molar-refractivity contribution is 0.111. The average Bonchev–Trinajstić information content (AvgIpc) is 2.40. The summed E-state index contributed by atoms with van der Waals surface area (Å²) in [4.78, 5) is 14.1. The number of hydrogen-bond acceptors (Lipinski definition) is 2. The Kier molecular flexibility index (Phi) is 5.05. The van der Waals surface area contributed by atoms with Gasteiger partial charge < -0.3 is 0 Å². The van der Waals surface area contributed by atoms with Crippen molar-refractivity contribution in [3.05, 3.63) is 59.7 Å². The molecule has 1 rings (SSSR count). The van der Waals surface area contributed by atoms with Crippen molar-refractivity contribution < 1.29 is 18.0 Å². The summed E-state index contributed by atoms with van der Waals surface area (Å²) in [6.07, 6.45) is 3.68. The number of aldehydes is 1. The molecule has 5 heteroatoms. The zero-order valence-electron chi connectivity index (χ0n) is 9.53. The van der Waals surface area contributed by atoms with Gasteiger partial charge >= 0.3 is 0 Å². The third-order valence-electron chi connectivity index (χ3n) is 2.08. The minimum absolute atomic E-state index is 0.0364. The Bertz CT molecular complexity index is 533. The van der Waals surface area contributed by atoms with E-state index in [0.29, 0.717) is 6.29 Å². The maximum atomic E-state index is 13.4. The minimum atomic E-state index is -0.796. The van der Waals surface area contributed by atoms with Crippen molar-refractivity contribution in [3.63, 3.8) is 0 Å². The molecule has 0 fully saturated rings. The number of halogens is 3. The summed E-state index contributed by atoms with van der Waals surface area (Å²) in [6.45, 7) is 1.46. The zero-order valence-corrected chi connectivity index (χ0v) is 9.53. The highest BCUT2D eigenvalue weighted by Crippen LogP contribution is 2.19. The van der Waals surface area contributed by atoms with Gasteiger partial charge in [-0.3, -0.25) is 4.79 Å². The zero-order chi connectivity index (χ0) is 13.5. The van der Waals surface area contributed by atoms with Gasteiger partial charge in [-0.25, -0.2) is 18.2 Å². The number of nitrogens with zero attached hydrogens (tertiary/aromatic N) is 1. The average molecular weight is 253 g/mol. The van der Waals surface area contributed by atoms with Gasteiger partial charge in [-0.15, -0.1) is 0 Å². The molecular formula is C13H10F3NO. The van der Waals surface area contributed by atoms with Crippen LogP contribution in [0.3, 0.4) is 0 Å². The third kappa shape index (κ3) is 3.41. The van der Waals surface area contributed by atoms with E-state index in [1.807, 2.05) is 0 Å². The second kappa shape index (κ2) is 6.54. The first kappa shape index (κ1) is 13.9. The fourth-order valence-electron chi connectivity index (χ4n) is 1.16. The Hall–Kier alpha value is -2.17. The molecule has 0 atom stereocenters. The second-order valence-corrected chi connectivity index (χ2v) is 3.26. The number of allylic oxidation sites excluding steroid dienone is 5. The summed E-state index contributed by atoms with van der Waals surface area (Å²) in [6, 6.07) is 2.16. The standard InChI is InChI=1S/C13H10F3NO/c1-2-10(15)4-3-9(7-14)13-12(16)6-5-11(8-18)17-13/h2-8H,1H3/b4-3-,9-7-,10-2+. The molecule has 1 heterocycles. The smallest absolute Gasteiger partial charge is 0.168 e. The molecule has 0 aromatic carbocycles. The summed E-state index contributed by atoms with van der Waals surface area (Å²) < 4.78 is 38.9. The molecule has 0 saturated carbocycles. The number of carbonyl (C=O) groups is 1. The largest absolute Gasteiger partial charge is 0.296 e. The van der Waals surface area contributed by atoms with Crippen molar-refractivity contribution in [1.29, 1.82) is 0 Å². The van der Waals surface area contributed by atoms with E-state index in [4.69, 9.17) is 0 Å². The molecule has 0 aliphatic rings. The molecule has 94 valence electrons. The Morgan fingerprint density at radius 1 is 1.33 bits per heavy atom. The second-order valence-electron chi connectivity index (χ2n) is 3.26. The van der Waals surface area contributed by atoms with Crippen molar-refractivity contribution in [3.8, 4) is 0 Å². The van der Waals surface area contributed by atoms with Crippen LogP contribution in [-0.4, -0.2) is 11.3 Å². The fraction of sp³-hybridized carbons (Fsp3) is 0.0769. The van der Waals surface area contributed by atoms with Crippen LogP contribution in [0.25, 0.3) is 5.57 Å². The molecule has 0 N–H and O–H groups in total. The molecular weight excluding hydrogens is 243 g/mol. The van der Waals surface area contributed by atoms with Gasteiger partial charge in [0.25, 0.3) is 0 Å². The lowest BCUT2D eigenvalue weighted by atomic mass is 10.1. The summed E-state index contributed by atoms with van der Waals surface area (Å²) in [5.41, 5.74) is -0.638. The summed E-state index contributed by atoms with van der Waals surface area (Å²) in [5, 5.41) is 0. The van der Waals surface area contributed by atoms with Crippen LogP contribution in [0.4, 0.5) is 13.2 Å². The van der Waals surface area contributed by atoms with Gasteiger partial charge in [0.05, 0.1) is 6.33 Å². The number of aromatic nitrogens is 1. The molecule has 0 bridgehead atoms. The first-order valence-corrected chi connectivity index (χ1v) is 5.04. The van der Waals surface area contributed by atoms with Crippen LogP contribution in [0.2, 0.25) is 0 Å². The monoisotopic (exact) mass is 253 g/mol. The minimum Gasteiger partial charge on any atom is -0.296 e. The predicted molar refractivity (Wildman–Crippen MR) is 62.7 cm³/mol. The van der Waals surface area contributed by atoms with Gasteiger partial charge in [-0.05, 0) is 31.2 Å². The molecule has 0 amide bonds. The van der Waals surface area contributed by atoms with Crippen LogP contribution < -0.4 is 0 Å². The van der Waals surface area contributed by atoms with Crippen LogP contribution in [0.1, 0.15) is 23.1 Å². The van der Waals surface area contributed by atoms with Crippen LogP contribution in [-0.2, 0) is 0 Å². The Balaban J connectivity index is 3.17. The van der Waals surface area contributed by atoms with Crippen molar-refractivity contribution in [2.75, 3.05) is 0 Å². The number of carbonyl (C=O) groups excluding carboxylic acids is 1. The van der Waals surface area contributed by atoms with Crippen molar-refractivity contribution in [1.82, 2.24) is 4.98 Å². The van der Waals surface area contributed by atoms with Gasteiger partial charge in [-0.1, -0.05) is 6.08 Å². The summed E-state index contributed by atoms with van der Waals surface area (Å²) in [5.74, 6) is -1.39. The molecule has 1 aromatic rings. The molecule has 1 aromatic heterocycles. The number of pyridine rings is 1. The van der Waals surface area contributed by atoms with E-state index in [-0.39, 0.29) is 23.3 Å². The first-order chi connectivity index (χ1) is 8.62. The van der Waals surface area contributed by atoms with E-state index in [1.165, 1.54) is 6.92 Å². The number of hydrogen-bond donors (Lipinski definition) is 0. The molecule has 0 saturated heterocycles. The van der Waals surface area contributed by atoms with Gasteiger partial charge in [0.1, 0.15) is 23.0 Å². The fourth-order valence-corrected chi connectivity index (χ4v) is 1.16. The molecule has 0 aliphatic carbocycles. The lowest BCUT2D eigenvalue weighted by Crippen LogP contribution is -1.97.